The summed E-state index contributed by atoms with van der Waals surface area (Å²) < 4.78 is 1.83. The summed E-state index contributed by atoms with van der Waals surface area (Å²) in [5.74, 6) is 0. The minimum absolute atomic E-state index is 0.650. The van der Waals surface area contributed by atoms with Gasteiger partial charge >= 0.3 is 0 Å². The van der Waals surface area contributed by atoms with Gasteiger partial charge in [-0.15, -0.1) is 0 Å². The van der Waals surface area contributed by atoms with E-state index in [0.29, 0.717) is 0 Å². The molecule has 0 spiro atoms. The number of aliphatic hydroxyl groups is 1. The number of aromatic nitrogens is 3. The predicted octanol–water partition coefficient (Wildman–Crippen LogP) is 1.77. The Bertz CT molecular complexity index is 439. The summed E-state index contributed by atoms with van der Waals surface area (Å²) in [6, 6.07) is 5.52. The van der Waals surface area contributed by atoms with E-state index in [0.717, 1.165) is 24.2 Å². The first-order valence-electron chi connectivity index (χ1n) is 5.42. The molecule has 1 atom stereocenters. The van der Waals surface area contributed by atoms with Crippen LogP contribution in [0.1, 0.15) is 30.7 Å². The standard InChI is InChI=1S/C12H15N3O/c1-2-8-15-11(5-7-14-15)12(16)10-4-3-6-13-9-10/h3-7,9,12,16H,2,8H2,1H3. The Morgan fingerprint density at radius 3 is 2.94 bits per heavy atom. The maximum atomic E-state index is 10.2. The molecule has 0 amide bonds. The van der Waals surface area contributed by atoms with Crippen molar-refractivity contribution >= 4 is 0 Å². The molecule has 0 bridgehead atoms. The quantitative estimate of drug-likeness (QED) is 0.849. The van der Waals surface area contributed by atoms with Crippen LogP contribution in [-0.2, 0) is 6.54 Å². The number of hydrogen-bond acceptors (Lipinski definition) is 3. The third kappa shape index (κ3) is 2.12. The lowest BCUT2D eigenvalue weighted by Gasteiger charge is -2.12. The smallest absolute Gasteiger partial charge is 0.122 e. The molecule has 0 saturated carbocycles. The predicted molar refractivity (Wildman–Crippen MR) is 60.8 cm³/mol. The van der Waals surface area contributed by atoms with Gasteiger partial charge in [0, 0.05) is 30.7 Å². The molecule has 0 aliphatic rings. The van der Waals surface area contributed by atoms with Crippen LogP contribution < -0.4 is 0 Å². The Morgan fingerprint density at radius 1 is 1.38 bits per heavy atom. The van der Waals surface area contributed by atoms with Crippen LogP contribution in [-0.4, -0.2) is 19.9 Å². The van der Waals surface area contributed by atoms with Crippen LogP contribution in [0, 0.1) is 0 Å². The second-order valence-corrected chi connectivity index (χ2v) is 3.67. The first kappa shape index (κ1) is 10.8. The van der Waals surface area contributed by atoms with Crippen LogP contribution in [0.2, 0.25) is 0 Å². The fourth-order valence-electron chi connectivity index (χ4n) is 1.68. The summed E-state index contributed by atoms with van der Waals surface area (Å²) in [6.07, 6.45) is 5.43. The molecule has 4 nitrogen and oxygen atoms in total. The highest BCUT2D eigenvalue weighted by molar-refractivity contribution is 5.22. The van der Waals surface area contributed by atoms with Crippen molar-refractivity contribution in [1.82, 2.24) is 14.8 Å². The molecule has 2 aromatic rings. The molecule has 2 aromatic heterocycles. The molecule has 0 saturated heterocycles. The van der Waals surface area contributed by atoms with Gasteiger partial charge in [0.05, 0.1) is 5.69 Å². The van der Waals surface area contributed by atoms with Crippen LogP contribution in [0.25, 0.3) is 0 Å². The number of aliphatic hydroxyl groups excluding tert-OH is 1. The van der Waals surface area contributed by atoms with Crippen molar-refractivity contribution < 1.29 is 5.11 Å². The van der Waals surface area contributed by atoms with Gasteiger partial charge in [-0.1, -0.05) is 13.0 Å². The monoisotopic (exact) mass is 217 g/mol. The third-order valence-electron chi connectivity index (χ3n) is 2.47. The average molecular weight is 217 g/mol. The van der Waals surface area contributed by atoms with Gasteiger partial charge in [-0.3, -0.25) is 9.67 Å². The van der Waals surface area contributed by atoms with E-state index in [1.165, 1.54) is 0 Å². The number of aryl methyl sites for hydroxylation is 1. The van der Waals surface area contributed by atoms with Crippen molar-refractivity contribution in [2.45, 2.75) is 26.0 Å². The van der Waals surface area contributed by atoms with Crippen LogP contribution in [0.5, 0.6) is 0 Å². The van der Waals surface area contributed by atoms with Gasteiger partial charge in [-0.2, -0.15) is 5.10 Å². The molecule has 0 aliphatic heterocycles. The fraction of sp³-hybridized carbons (Fsp3) is 0.333. The number of hydrogen-bond donors (Lipinski definition) is 1. The second kappa shape index (κ2) is 4.90. The Labute approximate surface area is 94.6 Å². The van der Waals surface area contributed by atoms with Gasteiger partial charge in [-0.05, 0) is 18.6 Å². The number of rotatable bonds is 4. The molecule has 0 radical (unpaired) electrons. The Hall–Kier alpha value is -1.68. The van der Waals surface area contributed by atoms with Crippen LogP contribution in [0.3, 0.4) is 0 Å². The summed E-state index contributed by atoms with van der Waals surface area (Å²) in [4.78, 5) is 4.00. The van der Waals surface area contributed by atoms with Gasteiger partial charge in [0.1, 0.15) is 6.10 Å². The van der Waals surface area contributed by atoms with Gasteiger partial charge < -0.3 is 5.11 Å². The minimum Gasteiger partial charge on any atom is -0.382 e. The van der Waals surface area contributed by atoms with E-state index in [9.17, 15) is 5.11 Å². The van der Waals surface area contributed by atoms with Gasteiger partial charge in [0.15, 0.2) is 0 Å². The van der Waals surface area contributed by atoms with E-state index in [2.05, 4.69) is 17.0 Å². The van der Waals surface area contributed by atoms with E-state index in [1.54, 1.807) is 18.6 Å². The van der Waals surface area contributed by atoms with E-state index in [-0.39, 0.29) is 0 Å². The summed E-state index contributed by atoms with van der Waals surface area (Å²) >= 11 is 0. The summed E-state index contributed by atoms with van der Waals surface area (Å²) in [5, 5.41) is 14.4. The van der Waals surface area contributed by atoms with Crippen molar-refractivity contribution in [3.8, 4) is 0 Å². The zero-order valence-electron chi connectivity index (χ0n) is 9.24. The molecule has 0 aromatic carbocycles. The Morgan fingerprint density at radius 2 is 2.25 bits per heavy atom. The highest BCUT2D eigenvalue weighted by Gasteiger charge is 2.14. The van der Waals surface area contributed by atoms with Crippen molar-refractivity contribution in [3.05, 3.63) is 48.0 Å². The van der Waals surface area contributed by atoms with Crippen molar-refractivity contribution in [2.75, 3.05) is 0 Å². The molecule has 4 heteroatoms. The molecule has 1 N–H and O–H groups in total. The molecule has 0 fully saturated rings. The van der Waals surface area contributed by atoms with Crippen LogP contribution in [0.4, 0.5) is 0 Å². The maximum absolute atomic E-state index is 10.2. The molecule has 2 heterocycles. The van der Waals surface area contributed by atoms with Crippen LogP contribution in [0.15, 0.2) is 36.8 Å². The zero-order valence-corrected chi connectivity index (χ0v) is 9.24. The van der Waals surface area contributed by atoms with Crippen molar-refractivity contribution in [1.29, 1.82) is 0 Å². The maximum Gasteiger partial charge on any atom is 0.122 e. The molecule has 2 rings (SSSR count). The zero-order chi connectivity index (χ0) is 11.4. The Balaban J connectivity index is 2.27. The molecular formula is C12H15N3O. The largest absolute Gasteiger partial charge is 0.382 e. The summed E-state index contributed by atoms with van der Waals surface area (Å²) in [7, 11) is 0. The van der Waals surface area contributed by atoms with Gasteiger partial charge in [0.25, 0.3) is 0 Å². The van der Waals surface area contributed by atoms with Crippen molar-refractivity contribution in [2.24, 2.45) is 0 Å². The van der Waals surface area contributed by atoms with E-state index < -0.39 is 6.10 Å². The lowest BCUT2D eigenvalue weighted by molar-refractivity contribution is 0.207. The molecule has 1 unspecified atom stereocenters. The highest BCUT2D eigenvalue weighted by Crippen LogP contribution is 2.20. The number of nitrogens with zero attached hydrogens (tertiary/aromatic N) is 3. The Kier molecular flexibility index (Phi) is 3.31. The third-order valence-corrected chi connectivity index (χ3v) is 2.47. The topological polar surface area (TPSA) is 50.9 Å². The van der Waals surface area contributed by atoms with E-state index in [4.69, 9.17) is 0 Å². The lowest BCUT2D eigenvalue weighted by atomic mass is 10.1. The van der Waals surface area contributed by atoms with Gasteiger partial charge in [-0.25, -0.2) is 0 Å². The normalized spacial score (nSPS) is 12.6. The van der Waals surface area contributed by atoms with Crippen LogP contribution >= 0.6 is 0 Å². The summed E-state index contributed by atoms with van der Waals surface area (Å²) in [6.45, 7) is 2.90. The molecule has 84 valence electrons. The molecular weight excluding hydrogens is 202 g/mol. The average Bonchev–Trinajstić information content (AvgIpc) is 2.78. The summed E-state index contributed by atoms with van der Waals surface area (Å²) in [5.41, 5.74) is 1.61. The first-order chi connectivity index (χ1) is 7.83. The molecule has 16 heavy (non-hydrogen) atoms. The van der Waals surface area contributed by atoms with Gasteiger partial charge in [0.2, 0.25) is 0 Å². The second-order valence-electron chi connectivity index (χ2n) is 3.67. The minimum atomic E-state index is -0.650. The van der Waals surface area contributed by atoms with E-state index >= 15 is 0 Å². The van der Waals surface area contributed by atoms with Crippen molar-refractivity contribution in [3.63, 3.8) is 0 Å². The fourth-order valence-corrected chi connectivity index (χ4v) is 1.68. The van der Waals surface area contributed by atoms with E-state index in [1.807, 2.05) is 22.9 Å². The first-order valence-corrected chi connectivity index (χ1v) is 5.42. The molecule has 0 aliphatic carbocycles. The SMILES string of the molecule is CCCn1nccc1C(O)c1cccnc1. The number of pyridine rings is 1. The lowest BCUT2D eigenvalue weighted by Crippen LogP contribution is -2.10. The highest BCUT2D eigenvalue weighted by atomic mass is 16.3.